The molecule has 0 aromatic rings. The van der Waals surface area contributed by atoms with Crippen LogP contribution in [0.4, 0.5) is 0 Å². The number of aliphatic hydroxyl groups is 2. The summed E-state index contributed by atoms with van der Waals surface area (Å²) in [5.74, 6) is -10.7. The van der Waals surface area contributed by atoms with E-state index < -0.39 is 147 Å². The van der Waals surface area contributed by atoms with Crippen molar-refractivity contribution in [3.63, 3.8) is 0 Å². The number of rotatable bonds is 4. The van der Waals surface area contributed by atoms with Gasteiger partial charge in [-0.05, 0) is 38.0 Å². The molecule has 8 aliphatic rings. The van der Waals surface area contributed by atoms with Crippen LogP contribution in [0, 0.1) is 51.8 Å². The molecule has 5 saturated carbocycles. The molecule has 2 N–H and O–H groups in total. The van der Waals surface area contributed by atoms with Gasteiger partial charge in [0, 0.05) is 62.7 Å². The summed E-state index contributed by atoms with van der Waals surface area (Å²) in [5.41, 5.74) is -8.60. The number of ether oxygens (including phenoxy) is 7. The Kier molecular flexibility index (Phi) is 6.90. The van der Waals surface area contributed by atoms with Crippen molar-refractivity contribution in [2.45, 2.75) is 135 Å². The molecule has 1 spiro atoms. The third-order valence-electron chi connectivity index (χ3n) is 15.2. The van der Waals surface area contributed by atoms with Gasteiger partial charge in [0.05, 0.1) is 11.5 Å². The smallest absolute Gasteiger partial charge is 0.341 e. The molecule has 280 valence electrons. The normalized spacial score (nSPS) is 56.6. The standard InChI is InChI=1S/C36H46O15/c1-12-21-23(33(8)34(9,43)30(42)51-36(33)28(12)50-36)26(47-15(4)39)22-20-17(10-19(31(21,22)6)45-13(2)37)32(7)29(48-16(5)40)24-18(49-24)11-35(32,44)27(41)25(20)46-14(3)38/h12,17-26,28-29,43-44H,10-11H2,1-9H3/t12-,17-,18-,19-,20+,21-,22+,23-,24-,25+,26+,28-,29-,31+,32-,33-,34+,35-,36+/m0/s1. The summed E-state index contributed by atoms with van der Waals surface area (Å²) >= 11 is 0. The van der Waals surface area contributed by atoms with Crippen LogP contribution in [0.15, 0.2) is 0 Å². The number of carbonyl (C=O) groups is 6. The molecule has 0 amide bonds. The highest BCUT2D eigenvalue weighted by Crippen LogP contribution is 2.81. The van der Waals surface area contributed by atoms with Gasteiger partial charge in [0.1, 0.15) is 36.1 Å². The quantitative estimate of drug-likeness (QED) is 0.233. The molecule has 0 aromatic heterocycles. The Labute approximate surface area is 294 Å². The molecule has 3 heterocycles. The van der Waals surface area contributed by atoms with Crippen molar-refractivity contribution in [3.05, 3.63) is 0 Å². The van der Waals surface area contributed by atoms with Crippen LogP contribution in [0.2, 0.25) is 0 Å². The first kappa shape index (κ1) is 34.9. The second kappa shape index (κ2) is 10.1. The van der Waals surface area contributed by atoms with Crippen molar-refractivity contribution in [1.82, 2.24) is 0 Å². The van der Waals surface area contributed by atoms with Crippen LogP contribution in [0.5, 0.6) is 0 Å². The Hall–Kier alpha value is -3.14. The van der Waals surface area contributed by atoms with E-state index in [4.69, 9.17) is 33.2 Å². The number of epoxide rings is 2. The molecular formula is C36H46O15. The molecule has 19 atom stereocenters. The van der Waals surface area contributed by atoms with Gasteiger partial charge in [-0.15, -0.1) is 0 Å². The largest absolute Gasteiger partial charge is 0.462 e. The fourth-order valence-corrected chi connectivity index (χ4v) is 13.1. The SMILES string of the molecule is CC(=O)O[C@@H]1[C@H]2[C@@H]3[C@@H](OC(C)=O)C(=O)[C@@]4(O)C[C@@H]5O[C@@H]5[C@H](OC(C)=O)[C@]4(C)[C@H]3C[C@H](OC(C)=O)[C@]2(C)[C@H]2[C@H](C)[C@@H]3O[C@@]34OC(=O)[C@@](C)(O)[C@]4(C)[C@H]12. The van der Waals surface area contributed by atoms with Crippen LogP contribution in [0.1, 0.15) is 75.2 Å². The Morgan fingerprint density at radius 2 is 1.43 bits per heavy atom. The molecule has 3 aliphatic heterocycles. The molecule has 0 radical (unpaired) electrons. The van der Waals surface area contributed by atoms with Crippen LogP contribution in [-0.4, -0.2) is 106 Å². The predicted molar refractivity (Wildman–Crippen MR) is 165 cm³/mol. The van der Waals surface area contributed by atoms with Gasteiger partial charge in [-0.2, -0.15) is 0 Å². The topological polar surface area (TPSA) is 214 Å². The van der Waals surface area contributed by atoms with Gasteiger partial charge in [-0.1, -0.05) is 20.8 Å². The van der Waals surface area contributed by atoms with E-state index in [0.717, 1.165) is 6.92 Å². The minimum absolute atomic E-state index is 0.0260. The van der Waals surface area contributed by atoms with Crippen LogP contribution >= 0.6 is 0 Å². The van der Waals surface area contributed by atoms with Gasteiger partial charge in [-0.3, -0.25) is 24.0 Å². The van der Waals surface area contributed by atoms with E-state index >= 15 is 0 Å². The molecule has 0 unspecified atom stereocenters. The second-order valence-corrected chi connectivity index (χ2v) is 17.2. The Morgan fingerprint density at radius 1 is 0.824 bits per heavy atom. The highest BCUT2D eigenvalue weighted by molar-refractivity contribution is 5.95. The maximum Gasteiger partial charge on any atom is 0.341 e. The molecule has 3 saturated heterocycles. The first-order valence-corrected chi connectivity index (χ1v) is 17.8. The van der Waals surface area contributed by atoms with Crippen molar-refractivity contribution in [2.75, 3.05) is 0 Å². The van der Waals surface area contributed by atoms with Gasteiger partial charge >= 0.3 is 29.8 Å². The average Bonchev–Trinajstić information content (AvgIpc) is 3.91. The number of Topliss-reactive ketones (excluding diaryl/α,β-unsaturated/α-hetero) is 1. The summed E-state index contributed by atoms with van der Waals surface area (Å²) in [7, 11) is 0. The molecule has 15 nitrogen and oxygen atoms in total. The first-order valence-electron chi connectivity index (χ1n) is 17.8. The van der Waals surface area contributed by atoms with Gasteiger partial charge in [0.25, 0.3) is 0 Å². The van der Waals surface area contributed by atoms with E-state index in [2.05, 4.69) is 0 Å². The fourth-order valence-electron chi connectivity index (χ4n) is 13.1. The molecule has 8 rings (SSSR count). The van der Waals surface area contributed by atoms with Crippen molar-refractivity contribution >= 4 is 35.6 Å². The monoisotopic (exact) mass is 718 g/mol. The summed E-state index contributed by atoms with van der Waals surface area (Å²) in [6.07, 6.45) is -6.84. The van der Waals surface area contributed by atoms with Gasteiger partial charge < -0.3 is 43.4 Å². The van der Waals surface area contributed by atoms with E-state index in [1.807, 2.05) is 13.8 Å². The summed E-state index contributed by atoms with van der Waals surface area (Å²) in [4.78, 5) is 80.1. The number of hydrogen-bond donors (Lipinski definition) is 2. The molecule has 0 aromatic carbocycles. The van der Waals surface area contributed by atoms with Crippen LogP contribution in [0.25, 0.3) is 0 Å². The molecule has 0 bridgehead atoms. The Morgan fingerprint density at radius 3 is 2.02 bits per heavy atom. The van der Waals surface area contributed by atoms with Crippen LogP contribution in [-0.2, 0) is 61.9 Å². The van der Waals surface area contributed by atoms with Crippen LogP contribution in [0.3, 0.4) is 0 Å². The van der Waals surface area contributed by atoms with E-state index in [-0.39, 0.29) is 12.8 Å². The number of esters is 5. The van der Waals surface area contributed by atoms with Crippen molar-refractivity contribution in [3.8, 4) is 0 Å². The number of ketones is 1. The average molecular weight is 719 g/mol. The van der Waals surface area contributed by atoms with Gasteiger partial charge in [0.2, 0.25) is 11.6 Å². The lowest BCUT2D eigenvalue weighted by Crippen LogP contribution is -2.77. The Bertz CT molecular complexity index is 1670. The first-order chi connectivity index (χ1) is 23.5. The third kappa shape index (κ3) is 3.83. The minimum Gasteiger partial charge on any atom is -0.462 e. The molecule has 51 heavy (non-hydrogen) atoms. The molecule has 8 fully saturated rings. The summed E-state index contributed by atoms with van der Waals surface area (Å²) in [6.45, 7) is 13.3. The van der Waals surface area contributed by atoms with Crippen molar-refractivity contribution < 1.29 is 72.1 Å². The van der Waals surface area contributed by atoms with E-state index in [0.29, 0.717) is 0 Å². The number of fused-ring (bicyclic) bond motifs is 9. The summed E-state index contributed by atoms with van der Waals surface area (Å²) < 4.78 is 42.3. The molecule has 5 aliphatic carbocycles. The van der Waals surface area contributed by atoms with E-state index in [9.17, 15) is 39.0 Å². The van der Waals surface area contributed by atoms with Crippen molar-refractivity contribution in [2.24, 2.45) is 51.8 Å². The van der Waals surface area contributed by atoms with Crippen LogP contribution < -0.4 is 0 Å². The third-order valence-corrected chi connectivity index (χ3v) is 15.2. The predicted octanol–water partition coefficient (Wildman–Crippen LogP) is 0.768. The van der Waals surface area contributed by atoms with E-state index in [1.54, 1.807) is 13.8 Å². The second-order valence-electron chi connectivity index (χ2n) is 17.2. The lowest BCUT2D eigenvalue weighted by Gasteiger charge is -2.65. The summed E-state index contributed by atoms with van der Waals surface area (Å²) in [6, 6.07) is 0. The number of carbonyl (C=O) groups excluding carboxylic acids is 6. The van der Waals surface area contributed by atoms with Gasteiger partial charge in [-0.25, -0.2) is 4.79 Å². The zero-order valence-electron chi connectivity index (χ0n) is 30.1. The maximum atomic E-state index is 14.9. The zero-order chi connectivity index (χ0) is 37.3. The van der Waals surface area contributed by atoms with E-state index in [1.165, 1.54) is 27.7 Å². The lowest BCUT2D eigenvalue weighted by atomic mass is 9.40. The summed E-state index contributed by atoms with van der Waals surface area (Å²) in [5, 5.41) is 24.7. The maximum absolute atomic E-state index is 14.9. The fraction of sp³-hybridized carbons (Fsp3) is 0.833. The molecule has 15 heteroatoms. The lowest BCUT2D eigenvalue weighted by molar-refractivity contribution is -0.269. The van der Waals surface area contributed by atoms with Gasteiger partial charge in [0.15, 0.2) is 11.7 Å². The molecular weight excluding hydrogens is 672 g/mol. The minimum atomic E-state index is -2.21. The zero-order valence-corrected chi connectivity index (χ0v) is 30.1. The van der Waals surface area contributed by atoms with Crippen molar-refractivity contribution in [1.29, 1.82) is 0 Å². The highest BCUT2D eigenvalue weighted by Gasteiger charge is 2.93. The Balaban J connectivity index is 1.40. The number of hydrogen-bond acceptors (Lipinski definition) is 15. The highest BCUT2D eigenvalue weighted by atomic mass is 16.8.